The lowest BCUT2D eigenvalue weighted by molar-refractivity contribution is 0.0934. The molecule has 0 aliphatic rings. The molecule has 0 saturated carbocycles. The number of hydrogen-bond donors (Lipinski definition) is 4. The zero-order valence-electron chi connectivity index (χ0n) is 12.5. The highest BCUT2D eigenvalue weighted by Crippen LogP contribution is 2.27. The van der Waals surface area contributed by atoms with Gasteiger partial charge in [0.15, 0.2) is 5.13 Å². The Morgan fingerprint density at radius 2 is 2.15 bits per heavy atom. The highest BCUT2D eigenvalue weighted by atomic mass is 32.1. The molecule has 7 heteroatoms. The van der Waals surface area contributed by atoms with Gasteiger partial charge < -0.3 is 21.5 Å². The number of anilines is 2. The number of carbonyl (C=O) groups is 1. The summed E-state index contributed by atoms with van der Waals surface area (Å²) in [4.78, 5) is 16.7. The van der Waals surface area contributed by atoms with Crippen LogP contribution >= 0.6 is 11.3 Å². The monoisotopic (exact) mass is 300 g/mol. The Morgan fingerprint density at radius 3 is 2.65 bits per heavy atom. The minimum atomic E-state index is -0.234. The lowest BCUT2D eigenvalue weighted by Gasteiger charge is -2.19. The Bertz CT molecular complexity index is 454. The molecule has 1 atom stereocenters. The maximum absolute atomic E-state index is 12.2. The van der Waals surface area contributed by atoms with E-state index in [0.29, 0.717) is 16.4 Å². The molecule has 0 aliphatic heterocycles. The predicted octanol–water partition coefficient (Wildman–Crippen LogP) is 1.83. The Labute approximate surface area is 123 Å². The van der Waals surface area contributed by atoms with E-state index < -0.39 is 0 Å². The molecule has 1 aromatic heterocycles. The molecule has 20 heavy (non-hydrogen) atoms. The molecule has 1 unspecified atom stereocenters. The van der Waals surface area contributed by atoms with E-state index in [1.54, 1.807) is 0 Å². The second-order valence-electron chi connectivity index (χ2n) is 5.70. The number of nitrogens with zero attached hydrogens (tertiary/aromatic N) is 1. The molecular formula is C13H24N4O2S. The smallest absolute Gasteiger partial charge is 0.265 e. The molecule has 0 aliphatic carbocycles. The van der Waals surface area contributed by atoms with Crippen molar-refractivity contribution in [2.24, 2.45) is 0 Å². The highest BCUT2D eigenvalue weighted by molar-refractivity contribution is 7.18. The number of carbonyl (C=O) groups excluding carboxylic acids is 1. The van der Waals surface area contributed by atoms with Crippen LogP contribution in [0.2, 0.25) is 0 Å². The third-order valence-electron chi connectivity index (χ3n) is 2.65. The van der Waals surface area contributed by atoms with E-state index >= 15 is 0 Å². The number of thiazole rings is 1. The van der Waals surface area contributed by atoms with E-state index in [1.807, 2.05) is 27.7 Å². The molecule has 0 bridgehead atoms. The summed E-state index contributed by atoms with van der Waals surface area (Å²) in [5, 5.41) is 15.6. The number of amides is 1. The quantitative estimate of drug-likeness (QED) is 0.642. The first-order valence-electron chi connectivity index (χ1n) is 6.73. The molecule has 6 nitrogen and oxygen atoms in total. The third kappa shape index (κ3) is 4.97. The first-order chi connectivity index (χ1) is 9.26. The van der Waals surface area contributed by atoms with Gasteiger partial charge in [0.05, 0.1) is 0 Å². The van der Waals surface area contributed by atoms with Crippen molar-refractivity contribution in [3.63, 3.8) is 0 Å². The fourth-order valence-electron chi connectivity index (χ4n) is 1.65. The summed E-state index contributed by atoms with van der Waals surface area (Å²) in [6.45, 7) is 8.05. The van der Waals surface area contributed by atoms with Gasteiger partial charge in [0.25, 0.3) is 5.91 Å². The molecule has 1 heterocycles. The average molecular weight is 300 g/mol. The summed E-state index contributed by atoms with van der Waals surface area (Å²) >= 11 is 1.24. The van der Waals surface area contributed by atoms with Gasteiger partial charge in [-0.25, -0.2) is 4.98 Å². The number of nitrogens with one attached hydrogen (secondary N) is 2. The number of nitrogens with two attached hydrogens (primary N) is 1. The lowest BCUT2D eigenvalue weighted by Crippen LogP contribution is -2.34. The standard InChI is InChI=1S/C13H24N4O2S/c1-5-8(6-7-18)15-11(19)9-10(14)16-12(20-9)17-13(2,3)4/h8,18H,5-7,14H2,1-4H3,(H,15,19)(H,16,17). The number of aliphatic hydroxyl groups excluding tert-OH is 1. The lowest BCUT2D eigenvalue weighted by atomic mass is 10.1. The molecule has 114 valence electrons. The van der Waals surface area contributed by atoms with Gasteiger partial charge in [0, 0.05) is 18.2 Å². The molecule has 0 spiro atoms. The second kappa shape index (κ2) is 6.90. The summed E-state index contributed by atoms with van der Waals surface area (Å²) in [5.41, 5.74) is 5.66. The van der Waals surface area contributed by atoms with Crippen LogP contribution in [0.4, 0.5) is 10.9 Å². The minimum absolute atomic E-state index is 0.0481. The SMILES string of the molecule is CCC(CCO)NC(=O)c1sc(NC(C)(C)C)nc1N. The van der Waals surface area contributed by atoms with E-state index in [1.165, 1.54) is 11.3 Å². The van der Waals surface area contributed by atoms with Gasteiger partial charge in [-0.3, -0.25) is 4.79 Å². The second-order valence-corrected chi connectivity index (χ2v) is 6.70. The van der Waals surface area contributed by atoms with Crippen LogP contribution in [-0.4, -0.2) is 34.2 Å². The fourth-order valence-corrected chi connectivity index (χ4v) is 2.65. The maximum Gasteiger partial charge on any atom is 0.265 e. The normalized spacial score (nSPS) is 13.1. The minimum Gasteiger partial charge on any atom is -0.396 e. The van der Waals surface area contributed by atoms with Crippen LogP contribution in [0.1, 0.15) is 50.2 Å². The summed E-state index contributed by atoms with van der Waals surface area (Å²) in [7, 11) is 0. The topological polar surface area (TPSA) is 100 Å². The third-order valence-corrected chi connectivity index (χ3v) is 3.63. The molecule has 1 rings (SSSR count). The van der Waals surface area contributed by atoms with Crippen molar-refractivity contribution >= 4 is 28.2 Å². The van der Waals surface area contributed by atoms with Gasteiger partial charge >= 0.3 is 0 Å². The van der Waals surface area contributed by atoms with Crippen molar-refractivity contribution in [3.8, 4) is 0 Å². The van der Waals surface area contributed by atoms with Crippen LogP contribution in [-0.2, 0) is 0 Å². The summed E-state index contributed by atoms with van der Waals surface area (Å²) < 4.78 is 0. The van der Waals surface area contributed by atoms with Gasteiger partial charge in [0.1, 0.15) is 10.7 Å². The van der Waals surface area contributed by atoms with E-state index in [0.717, 1.165) is 6.42 Å². The summed E-state index contributed by atoms with van der Waals surface area (Å²) in [5.74, 6) is 0.000334. The first-order valence-corrected chi connectivity index (χ1v) is 7.54. The molecule has 5 N–H and O–H groups in total. The highest BCUT2D eigenvalue weighted by Gasteiger charge is 2.20. The first kappa shape index (κ1) is 16.7. The van der Waals surface area contributed by atoms with E-state index in [4.69, 9.17) is 10.8 Å². The zero-order valence-corrected chi connectivity index (χ0v) is 13.3. The number of hydrogen-bond acceptors (Lipinski definition) is 6. The van der Waals surface area contributed by atoms with Gasteiger partial charge in [-0.2, -0.15) is 0 Å². The van der Waals surface area contributed by atoms with Crippen LogP contribution in [0.3, 0.4) is 0 Å². The average Bonchev–Trinajstić information content (AvgIpc) is 2.67. The van der Waals surface area contributed by atoms with Crippen LogP contribution < -0.4 is 16.4 Å². The molecular weight excluding hydrogens is 276 g/mol. The molecule has 0 fully saturated rings. The Morgan fingerprint density at radius 1 is 1.50 bits per heavy atom. The molecule has 1 aromatic rings. The van der Waals surface area contributed by atoms with Crippen molar-refractivity contribution in [3.05, 3.63) is 4.88 Å². The molecule has 1 amide bonds. The fraction of sp³-hybridized carbons (Fsp3) is 0.692. The van der Waals surface area contributed by atoms with Gasteiger partial charge in [-0.1, -0.05) is 18.3 Å². The van der Waals surface area contributed by atoms with E-state index in [-0.39, 0.29) is 29.9 Å². The van der Waals surface area contributed by atoms with Crippen LogP contribution in [0.5, 0.6) is 0 Å². The predicted molar refractivity (Wildman–Crippen MR) is 83.2 cm³/mol. The number of aromatic nitrogens is 1. The van der Waals surface area contributed by atoms with Crippen molar-refractivity contribution in [2.75, 3.05) is 17.7 Å². The Balaban J connectivity index is 2.78. The summed E-state index contributed by atoms with van der Waals surface area (Å²) in [6.07, 6.45) is 1.30. The molecule has 0 aromatic carbocycles. The van der Waals surface area contributed by atoms with E-state index in [9.17, 15) is 4.79 Å². The van der Waals surface area contributed by atoms with Gasteiger partial charge in [0.2, 0.25) is 0 Å². The number of rotatable bonds is 6. The Hall–Kier alpha value is -1.34. The largest absolute Gasteiger partial charge is 0.396 e. The zero-order chi connectivity index (χ0) is 15.3. The van der Waals surface area contributed by atoms with Crippen molar-refractivity contribution in [1.29, 1.82) is 0 Å². The van der Waals surface area contributed by atoms with E-state index in [2.05, 4.69) is 15.6 Å². The molecule has 0 saturated heterocycles. The van der Waals surface area contributed by atoms with Gasteiger partial charge in [-0.05, 0) is 33.6 Å². The van der Waals surface area contributed by atoms with Crippen LogP contribution in [0.25, 0.3) is 0 Å². The number of aliphatic hydroxyl groups is 1. The molecule has 0 radical (unpaired) electrons. The van der Waals surface area contributed by atoms with Gasteiger partial charge in [-0.15, -0.1) is 0 Å². The maximum atomic E-state index is 12.2. The summed E-state index contributed by atoms with van der Waals surface area (Å²) in [6, 6.07) is -0.0481. The van der Waals surface area contributed by atoms with Crippen molar-refractivity contribution in [2.45, 2.75) is 52.1 Å². The van der Waals surface area contributed by atoms with Crippen molar-refractivity contribution in [1.82, 2.24) is 10.3 Å². The Kier molecular flexibility index (Phi) is 5.76. The van der Waals surface area contributed by atoms with Crippen molar-refractivity contribution < 1.29 is 9.90 Å². The van der Waals surface area contributed by atoms with Crippen LogP contribution in [0, 0.1) is 0 Å². The number of nitrogen functional groups attached to an aromatic ring is 1. The van der Waals surface area contributed by atoms with Crippen LogP contribution in [0.15, 0.2) is 0 Å².